The molecule has 0 aromatic heterocycles. The number of esters is 3. The van der Waals surface area contributed by atoms with E-state index in [4.69, 9.17) is 23.7 Å². The van der Waals surface area contributed by atoms with Crippen molar-refractivity contribution in [3.8, 4) is 0 Å². The van der Waals surface area contributed by atoms with Crippen molar-refractivity contribution in [3.63, 3.8) is 0 Å². The molecule has 6 atom stereocenters. The average molecular weight is 1170 g/mol. The van der Waals surface area contributed by atoms with Crippen LogP contribution in [-0.4, -0.2) is 89.2 Å². The predicted molar refractivity (Wildman–Crippen MR) is 340 cm³/mol. The second-order valence-electron chi connectivity index (χ2n) is 23.8. The number of carboxylic acid groups (broad SMARTS) is 1. The Hall–Kier alpha value is -3.32. The van der Waals surface area contributed by atoms with Gasteiger partial charge in [0.15, 0.2) is 24.6 Å². The highest BCUT2D eigenvalue weighted by molar-refractivity contribution is 5.74. The van der Waals surface area contributed by atoms with Crippen LogP contribution in [0.15, 0.2) is 48.6 Å². The number of ether oxygens (including phenoxy) is 5. The first-order valence-electron chi connectivity index (χ1n) is 34.6. The molecule has 0 bridgehead atoms. The highest BCUT2D eigenvalue weighted by atomic mass is 16.7. The van der Waals surface area contributed by atoms with Crippen molar-refractivity contribution in [1.82, 2.24) is 0 Å². The first kappa shape index (κ1) is 77.7. The van der Waals surface area contributed by atoms with Gasteiger partial charge in [0.05, 0.1) is 6.61 Å². The SMILES string of the molecule is CC/C=C\C/C=C\C/C=C\CCCCCCCC(=O)OC(COC(=O)CCCCCCCCCCC/C=C\CCCCCCCC)COC1OC(C(=O)O)C(O)C(O)C1OC(=O)CCCCCCCCCCCCCCCCCCCCC. The lowest BCUT2D eigenvalue weighted by atomic mass is 9.98. The summed E-state index contributed by atoms with van der Waals surface area (Å²) in [4.78, 5) is 51.4. The Morgan fingerprint density at radius 2 is 0.759 bits per heavy atom. The smallest absolute Gasteiger partial charge is 0.335 e. The summed E-state index contributed by atoms with van der Waals surface area (Å²) in [6.07, 6.45) is 60.7. The summed E-state index contributed by atoms with van der Waals surface area (Å²) >= 11 is 0. The van der Waals surface area contributed by atoms with E-state index >= 15 is 0 Å². The van der Waals surface area contributed by atoms with Gasteiger partial charge in [-0.05, 0) is 77.0 Å². The van der Waals surface area contributed by atoms with E-state index in [9.17, 15) is 34.5 Å². The van der Waals surface area contributed by atoms with Crippen molar-refractivity contribution in [3.05, 3.63) is 48.6 Å². The minimum absolute atomic E-state index is 0.0631. The van der Waals surface area contributed by atoms with Crippen LogP contribution in [0, 0.1) is 0 Å². The topological polar surface area (TPSA) is 175 Å². The third-order valence-electron chi connectivity index (χ3n) is 15.9. The Balaban J connectivity index is 2.62. The molecule has 12 nitrogen and oxygen atoms in total. The van der Waals surface area contributed by atoms with E-state index in [1.54, 1.807) is 0 Å². The van der Waals surface area contributed by atoms with E-state index in [0.29, 0.717) is 19.3 Å². The van der Waals surface area contributed by atoms with E-state index in [1.165, 1.54) is 180 Å². The highest BCUT2D eigenvalue weighted by Gasteiger charge is 2.50. The number of aliphatic carboxylic acids is 1. The van der Waals surface area contributed by atoms with Crippen molar-refractivity contribution >= 4 is 23.9 Å². The van der Waals surface area contributed by atoms with E-state index in [0.717, 1.165) is 89.9 Å². The monoisotopic (exact) mass is 1170 g/mol. The van der Waals surface area contributed by atoms with Crippen LogP contribution in [0.2, 0.25) is 0 Å². The van der Waals surface area contributed by atoms with E-state index in [2.05, 4.69) is 69.4 Å². The summed E-state index contributed by atoms with van der Waals surface area (Å²) in [5, 5.41) is 31.7. The zero-order valence-corrected chi connectivity index (χ0v) is 53.5. The van der Waals surface area contributed by atoms with Gasteiger partial charge in [0.2, 0.25) is 0 Å². The predicted octanol–water partition coefficient (Wildman–Crippen LogP) is 18.9. The van der Waals surface area contributed by atoms with Gasteiger partial charge >= 0.3 is 23.9 Å². The Morgan fingerprint density at radius 1 is 0.410 bits per heavy atom. The van der Waals surface area contributed by atoms with Crippen LogP contribution in [0.4, 0.5) is 0 Å². The molecule has 1 aliphatic heterocycles. The van der Waals surface area contributed by atoms with Crippen LogP contribution in [0.25, 0.3) is 0 Å². The highest BCUT2D eigenvalue weighted by Crippen LogP contribution is 2.27. The maximum atomic E-state index is 13.2. The summed E-state index contributed by atoms with van der Waals surface area (Å²) in [6.45, 7) is 5.93. The number of aliphatic hydroxyl groups excluding tert-OH is 2. The van der Waals surface area contributed by atoms with Crippen LogP contribution in [0.3, 0.4) is 0 Å². The standard InChI is InChI=1S/C71H126O12/c1-4-7-10-13-16-19-22-25-28-30-32-34-37-39-42-45-48-51-54-57-63(72)79-60-62(81-64(73)58-55-52-49-46-43-40-36-27-24-21-18-15-12-9-6-3)61-80-71-69(67(76)66(75)68(83-71)70(77)78)82-65(74)59-56-53-50-47-44-41-38-35-33-31-29-26-23-20-17-14-11-8-5-2/h9,12,18,21,25,27-28,36,62,66-69,71,75-76H,4-8,10-11,13-17,19-20,22-24,26,29-35,37-61H2,1-3H3,(H,77,78)/b12-9-,21-18-,28-25-,36-27-. The average Bonchev–Trinajstić information content (AvgIpc) is 3.60. The molecule has 482 valence electrons. The van der Waals surface area contributed by atoms with Crippen LogP contribution in [0.1, 0.15) is 329 Å². The number of hydrogen-bond donors (Lipinski definition) is 3. The molecule has 1 rings (SSSR count). The summed E-state index contributed by atoms with van der Waals surface area (Å²) in [7, 11) is 0. The van der Waals surface area contributed by atoms with Crippen LogP contribution < -0.4 is 0 Å². The fourth-order valence-electron chi connectivity index (χ4n) is 10.6. The summed E-state index contributed by atoms with van der Waals surface area (Å²) < 4.78 is 28.6. The quantitative estimate of drug-likeness (QED) is 0.0228. The third-order valence-corrected chi connectivity index (χ3v) is 15.9. The Kier molecular flexibility index (Phi) is 55.3. The molecule has 83 heavy (non-hydrogen) atoms. The number of aliphatic hydroxyl groups is 2. The number of rotatable bonds is 60. The molecule has 1 fully saturated rings. The molecule has 1 heterocycles. The molecule has 3 N–H and O–H groups in total. The first-order chi connectivity index (χ1) is 40.6. The fraction of sp³-hybridized carbons (Fsp3) is 0.831. The molecular weight excluding hydrogens is 1040 g/mol. The van der Waals surface area contributed by atoms with Crippen LogP contribution in [0.5, 0.6) is 0 Å². The molecule has 0 spiro atoms. The first-order valence-corrected chi connectivity index (χ1v) is 34.6. The molecule has 0 aliphatic carbocycles. The normalized spacial score (nSPS) is 17.8. The maximum absolute atomic E-state index is 13.2. The molecule has 0 aromatic carbocycles. The molecular formula is C71H126O12. The zero-order chi connectivity index (χ0) is 60.3. The fourth-order valence-corrected chi connectivity index (χ4v) is 10.6. The van der Waals surface area contributed by atoms with Crippen molar-refractivity contribution in [2.45, 2.75) is 366 Å². The van der Waals surface area contributed by atoms with Gasteiger partial charge in [0, 0.05) is 19.3 Å². The largest absolute Gasteiger partial charge is 0.479 e. The lowest BCUT2D eigenvalue weighted by Crippen LogP contribution is -2.61. The minimum atomic E-state index is -1.90. The summed E-state index contributed by atoms with van der Waals surface area (Å²) in [5.41, 5.74) is 0. The zero-order valence-electron chi connectivity index (χ0n) is 53.5. The van der Waals surface area contributed by atoms with Gasteiger partial charge in [0.25, 0.3) is 0 Å². The minimum Gasteiger partial charge on any atom is -0.479 e. The van der Waals surface area contributed by atoms with Gasteiger partial charge in [-0.25, -0.2) is 4.79 Å². The van der Waals surface area contributed by atoms with Crippen LogP contribution >= 0.6 is 0 Å². The summed E-state index contributed by atoms with van der Waals surface area (Å²) in [6, 6.07) is 0. The number of carbonyl (C=O) groups excluding carboxylic acids is 3. The molecule has 6 unspecified atom stereocenters. The molecule has 0 radical (unpaired) electrons. The number of hydrogen-bond acceptors (Lipinski definition) is 11. The molecule has 12 heteroatoms. The van der Waals surface area contributed by atoms with Gasteiger partial charge in [0.1, 0.15) is 18.8 Å². The van der Waals surface area contributed by atoms with E-state index in [-0.39, 0.29) is 25.9 Å². The van der Waals surface area contributed by atoms with E-state index < -0.39 is 67.3 Å². The van der Waals surface area contributed by atoms with Crippen molar-refractivity contribution in [2.24, 2.45) is 0 Å². The molecule has 1 saturated heterocycles. The molecule has 0 amide bonds. The molecule has 0 aromatic rings. The second kappa shape index (κ2) is 59.0. The van der Waals surface area contributed by atoms with Crippen molar-refractivity contribution in [2.75, 3.05) is 13.2 Å². The number of carbonyl (C=O) groups is 4. The van der Waals surface area contributed by atoms with Gasteiger partial charge in [-0.15, -0.1) is 0 Å². The van der Waals surface area contributed by atoms with Gasteiger partial charge in [-0.1, -0.05) is 281 Å². The van der Waals surface area contributed by atoms with Gasteiger partial charge in [-0.3, -0.25) is 14.4 Å². The number of allylic oxidation sites excluding steroid dienone is 8. The van der Waals surface area contributed by atoms with Gasteiger partial charge in [-0.2, -0.15) is 0 Å². The third kappa shape index (κ3) is 48.5. The van der Waals surface area contributed by atoms with Crippen LogP contribution in [-0.2, 0) is 42.9 Å². The Morgan fingerprint density at radius 3 is 1.17 bits per heavy atom. The van der Waals surface area contributed by atoms with Crippen molar-refractivity contribution < 1.29 is 58.2 Å². The lowest BCUT2D eigenvalue weighted by molar-refractivity contribution is -0.301. The van der Waals surface area contributed by atoms with Crippen molar-refractivity contribution in [1.29, 1.82) is 0 Å². The summed E-state index contributed by atoms with van der Waals surface area (Å²) in [5.74, 6) is -3.11. The van der Waals surface area contributed by atoms with Gasteiger partial charge < -0.3 is 39.0 Å². The lowest BCUT2D eigenvalue weighted by Gasteiger charge is -2.40. The maximum Gasteiger partial charge on any atom is 0.335 e. The molecule has 0 saturated carbocycles. The van der Waals surface area contributed by atoms with E-state index in [1.807, 2.05) is 0 Å². The molecule has 1 aliphatic rings. The number of carboxylic acids is 1. The second-order valence-corrected chi connectivity index (χ2v) is 23.8. The number of unbranched alkanes of at least 4 members (excludes halogenated alkanes) is 38. The Labute approximate surface area is 507 Å². The Bertz CT molecular complexity index is 1630.